The molecule has 0 amide bonds. The molecule has 1 atom stereocenters. The molecule has 0 N–H and O–H groups in total. The molecule has 1 rings (SSSR count). The first kappa shape index (κ1) is 22.0. The standard InChI is InChI=1S/C21H34F2O2/c1-5-8-9-10-11-12-13-20(21(4,24-6-2)25-7-3)17-14-18(22)16-19(23)15-17/h14-16,20H,5-13H2,1-4H3. The summed E-state index contributed by atoms with van der Waals surface area (Å²) < 4.78 is 39.3. The lowest BCUT2D eigenvalue weighted by molar-refractivity contribution is -0.236. The van der Waals surface area contributed by atoms with Crippen molar-refractivity contribution in [2.24, 2.45) is 0 Å². The highest BCUT2D eigenvalue weighted by molar-refractivity contribution is 5.24. The van der Waals surface area contributed by atoms with Crippen LogP contribution in [-0.2, 0) is 9.47 Å². The summed E-state index contributed by atoms with van der Waals surface area (Å²) in [6, 6.07) is 3.71. The summed E-state index contributed by atoms with van der Waals surface area (Å²) in [6.07, 6.45) is 7.80. The van der Waals surface area contributed by atoms with Gasteiger partial charge in [-0.1, -0.05) is 45.4 Å². The maximum atomic E-state index is 13.8. The molecule has 0 bridgehead atoms. The predicted octanol–water partition coefficient (Wildman–Crippen LogP) is 6.59. The van der Waals surface area contributed by atoms with Gasteiger partial charge in [-0.05, 0) is 44.9 Å². The van der Waals surface area contributed by atoms with Crippen LogP contribution in [0.1, 0.15) is 84.1 Å². The van der Waals surface area contributed by atoms with Crippen LogP contribution in [0.3, 0.4) is 0 Å². The van der Waals surface area contributed by atoms with E-state index in [1.54, 1.807) is 0 Å². The van der Waals surface area contributed by atoms with Crippen LogP contribution >= 0.6 is 0 Å². The summed E-state index contributed by atoms with van der Waals surface area (Å²) in [5.41, 5.74) is 0.607. The van der Waals surface area contributed by atoms with E-state index in [-0.39, 0.29) is 5.92 Å². The number of benzene rings is 1. The van der Waals surface area contributed by atoms with E-state index in [1.165, 1.54) is 37.8 Å². The quantitative estimate of drug-likeness (QED) is 0.293. The zero-order valence-electron chi connectivity index (χ0n) is 16.2. The van der Waals surface area contributed by atoms with Crippen LogP contribution in [0, 0.1) is 11.6 Å². The Bertz CT molecular complexity index is 465. The van der Waals surface area contributed by atoms with Crippen molar-refractivity contribution < 1.29 is 18.3 Å². The molecule has 0 heterocycles. The Hall–Kier alpha value is -1.00. The maximum Gasteiger partial charge on any atom is 0.172 e. The van der Waals surface area contributed by atoms with E-state index in [4.69, 9.17) is 9.47 Å². The van der Waals surface area contributed by atoms with Crippen molar-refractivity contribution in [1.29, 1.82) is 0 Å². The van der Waals surface area contributed by atoms with E-state index >= 15 is 0 Å². The maximum absolute atomic E-state index is 13.8. The fraction of sp³-hybridized carbons (Fsp3) is 0.714. The monoisotopic (exact) mass is 356 g/mol. The molecular formula is C21H34F2O2. The largest absolute Gasteiger partial charge is 0.350 e. The summed E-state index contributed by atoms with van der Waals surface area (Å²) in [5, 5.41) is 0. The molecule has 0 aromatic heterocycles. The number of hydrogen-bond donors (Lipinski definition) is 0. The third kappa shape index (κ3) is 7.41. The average Bonchev–Trinajstić information content (AvgIpc) is 2.53. The minimum Gasteiger partial charge on any atom is -0.350 e. The average molecular weight is 356 g/mol. The second kappa shape index (κ2) is 11.6. The number of unbranched alkanes of at least 4 members (excludes halogenated alkanes) is 5. The molecule has 0 saturated heterocycles. The van der Waals surface area contributed by atoms with Gasteiger partial charge in [-0.15, -0.1) is 0 Å². The minimum absolute atomic E-state index is 0.205. The van der Waals surface area contributed by atoms with E-state index in [2.05, 4.69) is 6.92 Å². The lowest BCUT2D eigenvalue weighted by Crippen LogP contribution is -2.39. The fourth-order valence-corrected chi connectivity index (χ4v) is 3.45. The van der Waals surface area contributed by atoms with Crippen LogP contribution in [0.2, 0.25) is 0 Å². The summed E-state index contributed by atoms with van der Waals surface area (Å²) in [7, 11) is 0. The first-order chi connectivity index (χ1) is 12.0. The molecule has 0 aliphatic carbocycles. The molecule has 0 aliphatic heterocycles. The summed E-state index contributed by atoms with van der Waals surface area (Å²) in [5.74, 6) is -2.20. The first-order valence-corrected chi connectivity index (χ1v) is 9.70. The van der Waals surface area contributed by atoms with Crippen molar-refractivity contribution in [3.8, 4) is 0 Å². The Labute approximate surface area is 151 Å². The fourth-order valence-electron chi connectivity index (χ4n) is 3.45. The van der Waals surface area contributed by atoms with Crippen LogP contribution < -0.4 is 0 Å². The molecule has 1 aromatic rings. The summed E-state index contributed by atoms with van der Waals surface area (Å²) in [6.45, 7) is 8.87. The Morgan fingerprint density at radius 1 is 0.840 bits per heavy atom. The smallest absolute Gasteiger partial charge is 0.172 e. The molecule has 4 heteroatoms. The van der Waals surface area contributed by atoms with Gasteiger partial charge >= 0.3 is 0 Å². The number of hydrogen-bond acceptors (Lipinski definition) is 2. The lowest BCUT2D eigenvalue weighted by Gasteiger charge is -2.37. The molecule has 0 saturated carbocycles. The second-order valence-corrected chi connectivity index (χ2v) is 6.69. The highest BCUT2D eigenvalue weighted by atomic mass is 19.1. The van der Waals surface area contributed by atoms with Crippen molar-refractivity contribution in [1.82, 2.24) is 0 Å². The zero-order chi connectivity index (χ0) is 18.7. The second-order valence-electron chi connectivity index (χ2n) is 6.69. The van der Waals surface area contributed by atoms with Gasteiger partial charge in [-0.2, -0.15) is 0 Å². The van der Waals surface area contributed by atoms with E-state index in [9.17, 15) is 8.78 Å². The molecule has 0 radical (unpaired) electrons. The molecule has 1 unspecified atom stereocenters. The van der Waals surface area contributed by atoms with Gasteiger partial charge < -0.3 is 9.47 Å². The summed E-state index contributed by atoms with van der Waals surface area (Å²) in [4.78, 5) is 0. The molecule has 0 spiro atoms. The van der Waals surface area contributed by atoms with Crippen LogP contribution in [0.15, 0.2) is 18.2 Å². The third-order valence-corrected chi connectivity index (χ3v) is 4.63. The first-order valence-electron chi connectivity index (χ1n) is 9.70. The van der Waals surface area contributed by atoms with Crippen LogP contribution in [0.4, 0.5) is 8.78 Å². The number of ether oxygens (including phenoxy) is 2. The van der Waals surface area contributed by atoms with Gasteiger partial charge in [0.05, 0.1) is 0 Å². The Kier molecular flexibility index (Phi) is 10.2. The molecule has 25 heavy (non-hydrogen) atoms. The molecular weight excluding hydrogens is 322 g/mol. The SMILES string of the molecule is CCCCCCCCC(c1cc(F)cc(F)c1)C(C)(OCC)OCC. The van der Waals surface area contributed by atoms with E-state index in [0.717, 1.165) is 25.3 Å². The Balaban J connectivity index is 2.92. The Morgan fingerprint density at radius 3 is 1.88 bits per heavy atom. The minimum atomic E-state index is -0.882. The van der Waals surface area contributed by atoms with E-state index < -0.39 is 17.4 Å². The molecule has 0 aliphatic rings. The van der Waals surface area contributed by atoms with Crippen molar-refractivity contribution in [2.75, 3.05) is 13.2 Å². The number of rotatable bonds is 13. The van der Waals surface area contributed by atoms with Crippen molar-refractivity contribution in [3.05, 3.63) is 35.4 Å². The van der Waals surface area contributed by atoms with E-state index in [1.807, 2.05) is 20.8 Å². The molecule has 0 fully saturated rings. The molecule has 2 nitrogen and oxygen atoms in total. The van der Waals surface area contributed by atoms with Gasteiger partial charge in [0.25, 0.3) is 0 Å². The van der Waals surface area contributed by atoms with Crippen LogP contribution in [-0.4, -0.2) is 19.0 Å². The van der Waals surface area contributed by atoms with E-state index in [0.29, 0.717) is 18.8 Å². The molecule has 144 valence electrons. The topological polar surface area (TPSA) is 18.5 Å². The van der Waals surface area contributed by atoms with Gasteiger partial charge in [0.1, 0.15) is 11.6 Å². The number of halogens is 2. The highest BCUT2D eigenvalue weighted by Gasteiger charge is 2.37. The lowest BCUT2D eigenvalue weighted by atomic mass is 9.86. The van der Waals surface area contributed by atoms with Gasteiger partial charge in [0.15, 0.2) is 5.79 Å². The predicted molar refractivity (Wildman–Crippen MR) is 98.7 cm³/mol. The van der Waals surface area contributed by atoms with Gasteiger partial charge in [-0.25, -0.2) is 8.78 Å². The molecule has 1 aromatic carbocycles. The van der Waals surface area contributed by atoms with Crippen LogP contribution in [0.25, 0.3) is 0 Å². The van der Waals surface area contributed by atoms with Crippen molar-refractivity contribution >= 4 is 0 Å². The van der Waals surface area contributed by atoms with Crippen molar-refractivity contribution in [3.63, 3.8) is 0 Å². The summed E-state index contributed by atoms with van der Waals surface area (Å²) >= 11 is 0. The van der Waals surface area contributed by atoms with Crippen molar-refractivity contribution in [2.45, 2.75) is 84.3 Å². The highest BCUT2D eigenvalue weighted by Crippen LogP contribution is 2.37. The zero-order valence-corrected chi connectivity index (χ0v) is 16.2. The third-order valence-electron chi connectivity index (χ3n) is 4.63. The normalized spacial score (nSPS) is 13.2. The van der Waals surface area contributed by atoms with Gasteiger partial charge in [-0.3, -0.25) is 0 Å². The van der Waals surface area contributed by atoms with Gasteiger partial charge in [0, 0.05) is 25.2 Å². The Morgan fingerprint density at radius 2 is 1.36 bits per heavy atom. The van der Waals surface area contributed by atoms with Crippen LogP contribution in [0.5, 0.6) is 0 Å². The van der Waals surface area contributed by atoms with Gasteiger partial charge in [0.2, 0.25) is 0 Å².